The molecule has 0 bridgehead atoms. The highest BCUT2D eigenvalue weighted by Gasteiger charge is 2.37. The molecule has 9 heteroatoms. The Kier molecular flexibility index (Phi) is 4.92. The molecular formula is C17H21F4N5. The molecule has 1 unspecified atom stereocenters. The van der Waals surface area contributed by atoms with Crippen LogP contribution in [-0.4, -0.2) is 47.8 Å². The summed E-state index contributed by atoms with van der Waals surface area (Å²) in [7, 11) is 0. The average molecular weight is 371 g/mol. The van der Waals surface area contributed by atoms with Gasteiger partial charge in [-0.05, 0) is 32.9 Å². The summed E-state index contributed by atoms with van der Waals surface area (Å²) in [6, 6.07) is 0.905. The molecule has 3 rings (SSSR count). The quantitative estimate of drug-likeness (QED) is 0.607. The Balaban J connectivity index is 2.14. The minimum Gasteiger partial charge on any atom is -0.338 e. The van der Waals surface area contributed by atoms with Gasteiger partial charge in [0.1, 0.15) is 11.5 Å². The number of guanidine groups is 1. The second-order valence-electron chi connectivity index (χ2n) is 6.61. The first-order valence-corrected chi connectivity index (χ1v) is 8.44. The van der Waals surface area contributed by atoms with Crippen LogP contribution < -0.4 is 5.32 Å². The molecule has 0 aliphatic carbocycles. The molecule has 1 saturated heterocycles. The van der Waals surface area contributed by atoms with Gasteiger partial charge in [0.2, 0.25) is 5.96 Å². The van der Waals surface area contributed by atoms with Crippen LogP contribution in [0.4, 0.5) is 23.2 Å². The van der Waals surface area contributed by atoms with Gasteiger partial charge in [0, 0.05) is 37.5 Å². The molecule has 1 fully saturated rings. The first kappa shape index (κ1) is 18.6. The fourth-order valence-electron chi connectivity index (χ4n) is 3.10. The summed E-state index contributed by atoms with van der Waals surface area (Å²) >= 11 is 0. The zero-order valence-corrected chi connectivity index (χ0v) is 14.9. The molecule has 2 aliphatic heterocycles. The van der Waals surface area contributed by atoms with Gasteiger partial charge in [-0.3, -0.25) is 0 Å². The van der Waals surface area contributed by atoms with Crippen LogP contribution in [0.5, 0.6) is 0 Å². The first-order chi connectivity index (χ1) is 12.2. The summed E-state index contributed by atoms with van der Waals surface area (Å²) in [5, 5.41) is 9.26. The van der Waals surface area contributed by atoms with E-state index in [0.29, 0.717) is 25.1 Å². The molecule has 5 nitrogen and oxygen atoms in total. The third kappa shape index (κ3) is 3.53. The number of benzene rings is 1. The molecule has 0 amide bonds. The number of halogens is 4. The van der Waals surface area contributed by atoms with E-state index in [4.69, 9.17) is 0 Å². The van der Waals surface area contributed by atoms with E-state index in [1.807, 2.05) is 4.90 Å². The molecule has 0 spiro atoms. The van der Waals surface area contributed by atoms with Gasteiger partial charge < -0.3 is 10.2 Å². The Labute approximate surface area is 149 Å². The number of fused-ring (bicyclic) bond motifs is 1. The highest BCUT2D eigenvalue weighted by Crippen LogP contribution is 2.41. The zero-order valence-electron chi connectivity index (χ0n) is 14.9. The van der Waals surface area contributed by atoms with Gasteiger partial charge in [0.25, 0.3) is 0 Å². The zero-order chi connectivity index (χ0) is 19.1. The molecule has 0 saturated carbocycles. The number of nitrogens with one attached hydrogen (secondary N) is 1. The van der Waals surface area contributed by atoms with Crippen molar-refractivity contribution >= 4 is 17.4 Å². The molecule has 2 aliphatic rings. The first-order valence-electron chi connectivity index (χ1n) is 8.44. The van der Waals surface area contributed by atoms with Crippen LogP contribution >= 0.6 is 0 Å². The van der Waals surface area contributed by atoms with Crippen molar-refractivity contribution in [2.24, 2.45) is 10.1 Å². The number of hydrogen-bond acceptors (Lipinski definition) is 5. The minimum absolute atomic E-state index is 0.0424. The molecule has 2 heterocycles. The van der Waals surface area contributed by atoms with Crippen molar-refractivity contribution in [2.45, 2.75) is 33.0 Å². The standard InChI is InChI=1S/C17H21F4N5/c1-10(2)24-26-11(3)13-8-12(17(19,20)21)9-14(18)15(13)23-16(26)25-6-4-22-5-7-25/h8-9,11,22H,4-7H2,1-3H3. The van der Waals surface area contributed by atoms with E-state index < -0.39 is 23.6 Å². The maximum Gasteiger partial charge on any atom is 0.416 e. The highest BCUT2D eigenvalue weighted by molar-refractivity contribution is 5.88. The van der Waals surface area contributed by atoms with Crippen LogP contribution in [0.2, 0.25) is 0 Å². The number of piperazine rings is 1. The predicted octanol–water partition coefficient (Wildman–Crippen LogP) is 3.51. The van der Waals surface area contributed by atoms with Gasteiger partial charge in [0.05, 0.1) is 11.6 Å². The summed E-state index contributed by atoms with van der Waals surface area (Å²) < 4.78 is 53.7. The van der Waals surface area contributed by atoms with Crippen molar-refractivity contribution in [3.63, 3.8) is 0 Å². The monoisotopic (exact) mass is 371 g/mol. The van der Waals surface area contributed by atoms with Gasteiger partial charge in [-0.1, -0.05) is 0 Å². The Morgan fingerprint density at radius 3 is 2.46 bits per heavy atom. The summed E-state index contributed by atoms with van der Waals surface area (Å²) in [4.78, 5) is 6.34. The van der Waals surface area contributed by atoms with Crippen molar-refractivity contribution in [2.75, 3.05) is 26.2 Å². The van der Waals surface area contributed by atoms with Crippen molar-refractivity contribution in [3.05, 3.63) is 29.1 Å². The van der Waals surface area contributed by atoms with E-state index in [1.54, 1.807) is 25.8 Å². The SMILES string of the molecule is CC(C)=NN1C(N2CCNCC2)=Nc2c(F)cc(C(F)(F)F)cc2C1C. The second-order valence-corrected chi connectivity index (χ2v) is 6.61. The minimum atomic E-state index is -4.62. The predicted molar refractivity (Wildman–Crippen MR) is 92.0 cm³/mol. The van der Waals surface area contributed by atoms with Gasteiger partial charge in [-0.2, -0.15) is 18.3 Å². The maximum absolute atomic E-state index is 14.5. The third-order valence-corrected chi connectivity index (χ3v) is 4.36. The van der Waals surface area contributed by atoms with Crippen LogP contribution in [0, 0.1) is 5.82 Å². The lowest BCUT2D eigenvalue weighted by Gasteiger charge is -2.40. The van der Waals surface area contributed by atoms with Crippen LogP contribution in [0.25, 0.3) is 0 Å². The molecule has 0 aromatic heterocycles. The van der Waals surface area contributed by atoms with Crippen LogP contribution in [0.1, 0.15) is 37.9 Å². The summed E-state index contributed by atoms with van der Waals surface area (Å²) in [5.74, 6) is -0.502. The Morgan fingerprint density at radius 2 is 1.88 bits per heavy atom. The number of hydrazone groups is 1. The molecule has 1 aromatic rings. The number of alkyl halides is 3. The molecule has 26 heavy (non-hydrogen) atoms. The van der Waals surface area contributed by atoms with Crippen molar-refractivity contribution in [1.29, 1.82) is 0 Å². The van der Waals surface area contributed by atoms with E-state index >= 15 is 0 Å². The van der Waals surface area contributed by atoms with E-state index in [1.165, 1.54) is 0 Å². The second kappa shape index (κ2) is 6.86. The van der Waals surface area contributed by atoms with E-state index in [-0.39, 0.29) is 11.3 Å². The smallest absolute Gasteiger partial charge is 0.338 e. The molecule has 0 radical (unpaired) electrons. The summed E-state index contributed by atoms with van der Waals surface area (Å²) in [6.45, 7) is 8.13. The van der Waals surface area contributed by atoms with Crippen molar-refractivity contribution in [1.82, 2.24) is 15.2 Å². The lowest BCUT2D eigenvalue weighted by Crippen LogP contribution is -2.52. The van der Waals surface area contributed by atoms with Crippen molar-refractivity contribution < 1.29 is 17.6 Å². The number of hydrogen-bond donors (Lipinski definition) is 1. The van der Waals surface area contributed by atoms with Gasteiger partial charge in [-0.15, -0.1) is 0 Å². The van der Waals surface area contributed by atoms with Crippen LogP contribution in [0.15, 0.2) is 22.2 Å². The van der Waals surface area contributed by atoms with Crippen LogP contribution in [0.3, 0.4) is 0 Å². The molecule has 142 valence electrons. The molecule has 1 atom stereocenters. The summed E-state index contributed by atoms with van der Waals surface area (Å²) in [6.07, 6.45) is -4.62. The van der Waals surface area contributed by atoms with Gasteiger partial charge >= 0.3 is 6.18 Å². The lowest BCUT2D eigenvalue weighted by atomic mass is 10.00. The van der Waals surface area contributed by atoms with Gasteiger partial charge in [0.15, 0.2) is 0 Å². The third-order valence-electron chi connectivity index (χ3n) is 4.36. The normalized spacial score (nSPS) is 20.6. The molecule has 1 aromatic carbocycles. The number of aliphatic imine (C=N–C) groups is 1. The fourth-order valence-corrected chi connectivity index (χ4v) is 3.10. The molecular weight excluding hydrogens is 350 g/mol. The van der Waals surface area contributed by atoms with E-state index in [2.05, 4.69) is 15.4 Å². The number of nitrogens with zero attached hydrogens (tertiary/aromatic N) is 4. The highest BCUT2D eigenvalue weighted by atomic mass is 19.4. The van der Waals surface area contributed by atoms with Crippen LogP contribution in [-0.2, 0) is 6.18 Å². The van der Waals surface area contributed by atoms with Crippen molar-refractivity contribution in [3.8, 4) is 0 Å². The Morgan fingerprint density at radius 1 is 1.23 bits per heavy atom. The molecule has 1 N–H and O–H groups in total. The topological polar surface area (TPSA) is 43.2 Å². The van der Waals surface area contributed by atoms with E-state index in [0.717, 1.165) is 24.9 Å². The summed E-state index contributed by atoms with van der Waals surface area (Å²) in [5.41, 5.74) is -0.144. The largest absolute Gasteiger partial charge is 0.416 e. The fraction of sp³-hybridized carbons (Fsp3) is 0.529. The van der Waals surface area contributed by atoms with E-state index in [9.17, 15) is 17.6 Å². The average Bonchev–Trinajstić information content (AvgIpc) is 2.57. The number of rotatable bonds is 1. The maximum atomic E-state index is 14.5. The Hall–Kier alpha value is -2.16. The van der Waals surface area contributed by atoms with Gasteiger partial charge in [-0.25, -0.2) is 14.4 Å². The Bertz CT molecular complexity index is 746. The lowest BCUT2D eigenvalue weighted by molar-refractivity contribution is -0.137.